The van der Waals surface area contributed by atoms with Crippen LogP contribution in [0.3, 0.4) is 0 Å². The molecule has 1 N–H and O–H groups in total. The first-order valence-corrected chi connectivity index (χ1v) is 10.9. The van der Waals surface area contributed by atoms with Gasteiger partial charge in [-0.05, 0) is 30.5 Å². The van der Waals surface area contributed by atoms with E-state index in [1.54, 1.807) is 11.3 Å². The number of nitrogens with zero attached hydrogens (tertiary/aromatic N) is 2. The zero-order valence-corrected chi connectivity index (χ0v) is 16.4. The van der Waals surface area contributed by atoms with Gasteiger partial charge in [0.05, 0.1) is 29.1 Å². The van der Waals surface area contributed by atoms with Crippen molar-refractivity contribution in [1.29, 1.82) is 0 Å². The lowest BCUT2D eigenvalue weighted by Crippen LogP contribution is -2.48. The van der Waals surface area contributed by atoms with Crippen molar-refractivity contribution in [1.82, 2.24) is 9.62 Å². The molecule has 10 heteroatoms. The Bertz CT molecular complexity index is 862. The molecule has 8 nitrogen and oxygen atoms in total. The summed E-state index contributed by atoms with van der Waals surface area (Å²) >= 11 is 1.59. The minimum Gasteiger partial charge on any atom is -0.379 e. The van der Waals surface area contributed by atoms with Gasteiger partial charge in [-0.3, -0.25) is 15.0 Å². The Kier molecular flexibility index (Phi) is 6.22. The fourth-order valence-electron chi connectivity index (χ4n) is 3.18. The highest BCUT2D eigenvalue weighted by molar-refractivity contribution is 7.89. The molecule has 2 heterocycles. The van der Waals surface area contributed by atoms with Crippen LogP contribution in [0.2, 0.25) is 0 Å². The number of hydrogen-bond acceptors (Lipinski definition) is 7. The van der Waals surface area contributed by atoms with Gasteiger partial charge in [-0.15, -0.1) is 11.3 Å². The van der Waals surface area contributed by atoms with Gasteiger partial charge in [0, 0.05) is 36.1 Å². The molecule has 1 aromatic carbocycles. The Labute approximate surface area is 162 Å². The van der Waals surface area contributed by atoms with Crippen LogP contribution in [-0.2, 0) is 14.8 Å². The van der Waals surface area contributed by atoms with Crippen LogP contribution >= 0.6 is 11.3 Å². The molecule has 0 radical (unpaired) electrons. The molecule has 2 unspecified atom stereocenters. The molecule has 3 rings (SSSR count). The third-order valence-electron chi connectivity index (χ3n) is 4.45. The first-order chi connectivity index (χ1) is 12.9. The van der Waals surface area contributed by atoms with Crippen molar-refractivity contribution in [3.05, 3.63) is 56.8 Å². The fraction of sp³-hybridized carbons (Fsp3) is 0.412. The highest BCUT2D eigenvalue weighted by Gasteiger charge is 2.31. The lowest BCUT2D eigenvalue weighted by Gasteiger charge is -2.37. The van der Waals surface area contributed by atoms with Crippen LogP contribution in [0.1, 0.15) is 17.8 Å². The number of benzene rings is 1. The summed E-state index contributed by atoms with van der Waals surface area (Å²) in [5.41, 5.74) is -0.147. The Morgan fingerprint density at radius 1 is 1.22 bits per heavy atom. The molecular formula is C17H21N3O5S2. The summed E-state index contributed by atoms with van der Waals surface area (Å²) < 4.78 is 33.7. The second-order valence-corrected chi connectivity index (χ2v) is 8.96. The number of non-ortho nitro benzene ring substituents is 1. The second-order valence-electron chi connectivity index (χ2n) is 6.27. The predicted octanol–water partition coefficient (Wildman–Crippen LogP) is 2.40. The van der Waals surface area contributed by atoms with Crippen LogP contribution in [0.25, 0.3) is 0 Å². The summed E-state index contributed by atoms with van der Waals surface area (Å²) in [6.07, 6.45) is 0. The Balaban J connectivity index is 1.81. The van der Waals surface area contributed by atoms with Crippen molar-refractivity contribution >= 4 is 27.0 Å². The summed E-state index contributed by atoms with van der Waals surface area (Å²) in [7, 11) is -3.80. The molecule has 2 aromatic rings. The second kappa shape index (κ2) is 8.44. The van der Waals surface area contributed by atoms with Crippen molar-refractivity contribution in [2.75, 3.05) is 26.3 Å². The van der Waals surface area contributed by atoms with E-state index in [9.17, 15) is 18.5 Å². The number of nitrogens with one attached hydrogen (secondary N) is 1. The summed E-state index contributed by atoms with van der Waals surface area (Å²) in [4.78, 5) is 13.5. The molecule has 0 amide bonds. The third-order valence-corrected chi connectivity index (χ3v) is 6.96. The smallest absolute Gasteiger partial charge is 0.269 e. The van der Waals surface area contributed by atoms with Crippen molar-refractivity contribution < 1.29 is 18.1 Å². The van der Waals surface area contributed by atoms with Crippen LogP contribution in [-0.4, -0.2) is 50.6 Å². The van der Waals surface area contributed by atoms with Crippen LogP contribution in [0.4, 0.5) is 5.69 Å². The lowest BCUT2D eigenvalue weighted by molar-refractivity contribution is -0.384. The SMILES string of the molecule is CC(NS(=O)(=O)c1ccc([N+](=O)[O-])cc1)C(c1cccs1)N1CCOCC1. The molecule has 146 valence electrons. The maximum absolute atomic E-state index is 12.8. The van der Waals surface area contributed by atoms with E-state index < -0.39 is 14.9 Å². The average Bonchev–Trinajstić information content (AvgIpc) is 3.16. The maximum Gasteiger partial charge on any atom is 0.269 e. The molecule has 0 saturated carbocycles. The summed E-state index contributed by atoms with van der Waals surface area (Å²) in [5, 5.41) is 12.7. The normalized spacial score (nSPS) is 18.1. The van der Waals surface area contributed by atoms with Gasteiger partial charge >= 0.3 is 0 Å². The van der Waals surface area contributed by atoms with Crippen molar-refractivity contribution in [2.45, 2.75) is 23.9 Å². The molecule has 27 heavy (non-hydrogen) atoms. The van der Waals surface area contributed by atoms with Gasteiger partial charge in [0.1, 0.15) is 0 Å². The van der Waals surface area contributed by atoms with Crippen LogP contribution in [0.5, 0.6) is 0 Å². The average molecular weight is 412 g/mol. The molecule has 1 aliphatic rings. The Hall–Kier alpha value is -1.85. The molecular weight excluding hydrogens is 390 g/mol. The molecule has 1 saturated heterocycles. The summed E-state index contributed by atoms with van der Waals surface area (Å²) in [6, 6.07) is 8.34. The van der Waals surface area contributed by atoms with Crippen LogP contribution < -0.4 is 4.72 Å². The number of ether oxygens (including phenoxy) is 1. The van der Waals surface area contributed by atoms with Gasteiger partial charge in [-0.1, -0.05) is 6.07 Å². The third kappa shape index (κ3) is 4.71. The number of thiophene rings is 1. The molecule has 2 atom stereocenters. The number of nitro benzene ring substituents is 1. The van der Waals surface area contributed by atoms with Gasteiger partial charge in [-0.25, -0.2) is 13.1 Å². The largest absolute Gasteiger partial charge is 0.379 e. The van der Waals surface area contributed by atoms with Crippen LogP contribution in [0.15, 0.2) is 46.7 Å². The first-order valence-electron chi connectivity index (χ1n) is 8.50. The van der Waals surface area contributed by atoms with E-state index in [2.05, 4.69) is 9.62 Å². The zero-order valence-electron chi connectivity index (χ0n) is 14.8. The van der Waals surface area contributed by atoms with E-state index in [1.807, 2.05) is 24.4 Å². The minimum atomic E-state index is -3.80. The summed E-state index contributed by atoms with van der Waals surface area (Å²) in [5.74, 6) is 0. The number of rotatable bonds is 7. The van der Waals surface area contributed by atoms with E-state index >= 15 is 0 Å². The molecule has 1 aromatic heterocycles. The predicted molar refractivity (Wildman–Crippen MR) is 102 cm³/mol. The first kappa shape index (κ1) is 19.9. The minimum absolute atomic E-state index is 0.00635. The van der Waals surface area contributed by atoms with Gasteiger partial charge < -0.3 is 4.74 Å². The number of morpholine rings is 1. The quantitative estimate of drug-likeness (QED) is 0.554. The number of hydrogen-bond donors (Lipinski definition) is 1. The highest BCUT2D eigenvalue weighted by atomic mass is 32.2. The highest BCUT2D eigenvalue weighted by Crippen LogP contribution is 2.30. The molecule has 0 spiro atoms. The van der Waals surface area contributed by atoms with E-state index in [0.29, 0.717) is 13.2 Å². The number of sulfonamides is 1. The van der Waals surface area contributed by atoms with E-state index in [4.69, 9.17) is 4.74 Å². The maximum atomic E-state index is 12.8. The Morgan fingerprint density at radius 3 is 2.44 bits per heavy atom. The van der Waals surface area contributed by atoms with Crippen molar-refractivity contribution in [3.8, 4) is 0 Å². The van der Waals surface area contributed by atoms with Crippen molar-refractivity contribution in [2.24, 2.45) is 0 Å². The molecule has 1 fully saturated rings. The van der Waals surface area contributed by atoms with Gasteiger partial charge in [0.15, 0.2) is 0 Å². The lowest BCUT2D eigenvalue weighted by atomic mass is 10.1. The topological polar surface area (TPSA) is 102 Å². The van der Waals surface area contributed by atoms with E-state index in [0.717, 1.165) is 18.0 Å². The van der Waals surface area contributed by atoms with Gasteiger partial charge in [-0.2, -0.15) is 0 Å². The van der Waals surface area contributed by atoms with Crippen LogP contribution in [0, 0.1) is 10.1 Å². The molecule has 0 aliphatic carbocycles. The molecule has 1 aliphatic heterocycles. The fourth-order valence-corrected chi connectivity index (χ4v) is 5.39. The zero-order chi connectivity index (χ0) is 19.4. The Morgan fingerprint density at radius 2 is 1.89 bits per heavy atom. The van der Waals surface area contributed by atoms with Gasteiger partial charge in [0.2, 0.25) is 10.0 Å². The standard InChI is InChI=1S/C17H21N3O5S2/c1-13(17(16-3-2-12-26-16)19-8-10-25-11-9-19)18-27(23,24)15-6-4-14(5-7-15)20(21)22/h2-7,12-13,17-18H,8-11H2,1H3. The molecule has 0 bridgehead atoms. The number of nitro groups is 1. The van der Waals surface area contributed by atoms with E-state index in [-0.39, 0.29) is 22.7 Å². The summed E-state index contributed by atoms with van der Waals surface area (Å²) in [6.45, 7) is 4.52. The van der Waals surface area contributed by atoms with Crippen molar-refractivity contribution in [3.63, 3.8) is 0 Å². The van der Waals surface area contributed by atoms with Gasteiger partial charge in [0.25, 0.3) is 5.69 Å². The monoisotopic (exact) mass is 411 g/mol. The van der Waals surface area contributed by atoms with E-state index in [1.165, 1.54) is 24.3 Å².